The molecular formula is C16H13NO2. The highest BCUT2D eigenvalue weighted by Crippen LogP contribution is 2.33. The van der Waals surface area contributed by atoms with Gasteiger partial charge in [-0.3, -0.25) is 0 Å². The van der Waals surface area contributed by atoms with E-state index in [1.54, 1.807) is 0 Å². The highest BCUT2D eigenvalue weighted by Gasteiger charge is 2.35. The summed E-state index contributed by atoms with van der Waals surface area (Å²) in [7, 11) is 0. The zero-order valence-corrected chi connectivity index (χ0v) is 10.3. The summed E-state index contributed by atoms with van der Waals surface area (Å²) in [4.78, 5) is 16.9. The van der Waals surface area contributed by atoms with E-state index in [0.29, 0.717) is 5.71 Å². The lowest BCUT2D eigenvalue weighted by Gasteiger charge is -2.13. The van der Waals surface area contributed by atoms with Crippen molar-refractivity contribution in [2.45, 2.75) is 6.10 Å². The number of oxime groups is 1. The molecule has 0 amide bonds. The molecular weight excluding hydrogens is 238 g/mol. The summed E-state index contributed by atoms with van der Waals surface area (Å²) in [5.74, 6) is -0.357. The second kappa shape index (κ2) is 5.06. The number of benzene rings is 2. The fourth-order valence-electron chi connectivity index (χ4n) is 2.28. The molecule has 0 radical (unpaired) electrons. The summed E-state index contributed by atoms with van der Waals surface area (Å²) < 4.78 is 0. The van der Waals surface area contributed by atoms with Crippen molar-refractivity contribution in [2.24, 2.45) is 11.1 Å². The van der Waals surface area contributed by atoms with Gasteiger partial charge in [-0.2, -0.15) is 0 Å². The summed E-state index contributed by atoms with van der Waals surface area (Å²) in [6.45, 7) is 0. The molecule has 1 aliphatic heterocycles. The first kappa shape index (κ1) is 11.7. The van der Waals surface area contributed by atoms with Crippen LogP contribution in [0.2, 0.25) is 0 Å². The van der Waals surface area contributed by atoms with E-state index < -0.39 is 0 Å². The van der Waals surface area contributed by atoms with Crippen LogP contribution in [0.25, 0.3) is 0 Å². The molecule has 94 valence electrons. The summed E-state index contributed by atoms with van der Waals surface area (Å²) in [6.07, 6.45) is 0.588. The molecule has 0 spiro atoms. The lowest BCUT2D eigenvalue weighted by molar-refractivity contribution is -0.112. The fourth-order valence-corrected chi connectivity index (χ4v) is 2.28. The van der Waals surface area contributed by atoms with Gasteiger partial charge in [-0.05, 0) is 5.56 Å². The van der Waals surface area contributed by atoms with Crippen LogP contribution in [0.3, 0.4) is 0 Å². The molecule has 3 rings (SSSR count). The highest BCUT2D eigenvalue weighted by atomic mass is 16.6. The van der Waals surface area contributed by atoms with Crippen LogP contribution in [0.4, 0.5) is 0 Å². The zero-order valence-electron chi connectivity index (χ0n) is 10.3. The van der Waals surface area contributed by atoms with Gasteiger partial charge in [-0.1, -0.05) is 65.8 Å². The molecule has 0 saturated heterocycles. The molecule has 0 fully saturated rings. The molecule has 2 aromatic rings. The highest BCUT2D eigenvalue weighted by molar-refractivity contribution is 6.09. The van der Waals surface area contributed by atoms with Gasteiger partial charge in [0.1, 0.15) is 17.9 Å². The maximum absolute atomic E-state index is 11.4. The van der Waals surface area contributed by atoms with E-state index in [-0.39, 0.29) is 12.0 Å². The molecule has 0 aromatic heterocycles. The maximum atomic E-state index is 11.4. The quantitative estimate of drug-likeness (QED) is 0.787. The van der Waals surface area contributed by atoms with Gasteiger partial charge in [0.25, 0.3) is 0 Å². The van der Waals surface area contributed by atoms with Gasteiger partial charge in [-0.25, -0.2) is 0 Å². The van der Waals surface area contributed by atoms with E-state index in [1.165, 1.54) is 0 Å². The number of carbonyl (C=O) groups excluding carboxylic acids is 1. The Balaban J connectivity index is 1.92. The van der Waals surface area contributed by atoms with Crippen molar-refractivity contribution in [2.75, 3.05) is 0 Å². The molecule has 19 heavy (non-hydrogen) atoms. The number of hydrogen-bond acceptors (Lipinski definition) is 3. The van der Waals surface area contributed by atoms with E-state index in [4.69, 9.17) is 4.84 Å². The Morgan fingerprint density at radius 2 is 1.58 bits per heavy atom. The monoisotopic (exact) mass is 251 g/mol. The van der Waals surface area contributed by atoms with E-state index in [1.807, 2.05) is 60.7 Å². The van der Waals surface area contributed by atoms with Gasteiger partial charge < -0.3 is 9.63 Å². The molecule has 2 aromatic carbocycles. The van der Waals surface area contributed by atoms with Crippen LogP contribution in [0.5, 0.6) is 0 Å². The third-order valence-electron chi connectivity index (χ3n) is 3.25. The normalized spacial score (nSPS) is 21.6. The Morgan fingerprint density at radius 3 is 2.21 bits per heavy atom. The molecule has 3 heteroatoms. The fraction of sp³-hybridized carbons (Fsp3) is 0.125. The number of carbonyl (C=O) groups is 1. The number of rotatable bonds is 3. The van der Waals surface area contributed by atoms with Crippen molar-refractivity contribution in [3.8, 4) is 0 Å². The van der Waals surface area contributed by atoms with Gasteiger partial charge in [0.05, 0.1) is 0 Å². The smallest absolute Gasteiger partial charge is 0.167 e. The Kier molecular flexibility index (Phi) is 3.11. The average molecular weight is 251 g/mol. The number of nitrogens with zero attached hydrogens (tertiary/aromatic N) is 1. The number of aldehydes is 1. The van der Waals surface area contributed by atoms with Crippen molar-refractivity contribution in [3.63, 3.8) is 0 Å². The molecule has 3 nitrogen and oxygen atoms in total. The van der Waals surface area contributed by atoms with Crippen LogP contribution in [-0.4, -0.2) is 12.0 Å². The zero-order chi connectivity index (χ0) is 13.1. The standard InChI is InChI=1S/C16H13NO2/c18-11-14-15(12-7-3-1-4-8-12)17-19-16(14)13-9-5-2-6-10-13/h1-11,14,16H/t14-,16+/m0/s1. The minimum absolute atomic E-state index is 0.325. The van der Waals surface area contributed by atoms with E-state index >= 15 is 0 Å². The SMILES string of the molecule is O=C[C@H]1C(c2ccccc2)=NO[C@@H]1c1ccccc1. The van der Waals surface area contributed by atoms with Gasteiger partial charge in [0.15, 0.2) is 6.10 Å². The summed E-state index contributed by atoms with van der Waals surface area (Å²) in [5.41, 5.74) is 2.59. The molecule has 0 aliphatic carbocycles. The summed E-state index contributed by atoms with van der Waals surface area (Å²) in [6, 6.07) is 19.4. The predicted octanol–water partition coefficient (Wildman–Crippen LogP) is 2.98. The third-order valence-corrected chi connectivity index (χ3v) is 3.25. The maximum Gasteiger partial charge on any atom is 0.167 e. The Morgan fingerprint density at radius 1 is 0.947 bits per heavy atom. The Hall–Kier alpha value is -2.42. The predicted molar refractivity (Wildman–Crippen MR) is 72.8 cm³/mol. The van der Waals surface area contributed by atoms with Crippen molar-refractivity contribution < 1.29 is 9.63 Å². The van der Waals surface area contributed by atoms with E-state index in [2.05, 4.69) is 5.16 Å². The summed E-state index contributed by atoms with van der Waals surface area (Å²) in [5, 5.41) is 4.10. The first-order valence-corrected chi connectivity index (χ1v) is 6.19. The van der Waals surface area contributed by atoms with Crippen molar-refractivity contribution in [1.29, 1.82) is 0 Å². The number of hydrogen-bond donors (Lipinski definition) is 0. The largest absolute Gasteiger partial charge is 0.386 e. The Bertz CT molecular complexity index is 593. The van der Waals surface area contributed by atoms with Crippen LogP contribution in [0.1, 0.15) is 17.2 Å². The van der Waals surface area contributed by atoms with Crippen LogP contribution in [-0.2, 0) is 9.63 Å². The van der Waals surface area contributed by atoms with E-state index in [0.717, 1.165) is 17.4 Å². The first-order valence-electron chi connectivity index (χ1n) is 6.19. The average Bonchev–Trinajstić information content (AvgIpc) is 2.93. The summed E-state index contributed by atoms with van der Waals surface area (Å²) >= 11 is 0. The molecule has 0 unspecified atom stereocenters. The van der Waals surface area contributed by atoms with Gasteiger partial charge in [-0.15, -0.1) is 0 Å². The molecule has 1 aliphatic rings. The minimum atomic E-state index is -0.357. The van der Waals surface area contributed by atoms with Crippen molar-refractivity contribution >= 4 is 12.0 Å². The molecule has 0 bridgehead atoms. The Labute approximate surface area is 111 Å². The molecule has 2 atom stereocenters. The molecule has 0 N–H and O–H groups in total. The van der Waals surface area contributed by atoms with Crippen molar-refractivity contribution in [1.82, 2.24) is 0 Å². The first-order chi connectivity index (χ1) is 9.40. The van der Waals surface area contributed by atoms with Gasteiger partial charge in [0.2, 0.25) is 0 Å². The van der Waals surface area contributed by atoms with Crippen LogP contribution < -0.4 is 0 Å². The lowest BCUT2D eigenvalue weighted by atomic mass is 9.90. The van der Waals surface area contributed by atoms with E-state index in [9.17, 15) is 4.79 Å². The van der Waals surface area contributed by atoms with Crippen molar-refractivity contribution in [3.05, 3.63) is 71.8 Å². The third kappa shape index (κ3) is 2.15. The van der Waals surface area contributed by atoms with Crippen LogP contribution >= 0.6 is 0 Å². The molecule has 0 saturated carbocycles. The van der Waals surface area contributed by atoms with Gasteiger partial charge in [0, 0.05) is 5.56 Å². The van der Waals surface area contributed by atoms with Crippen LogP contribution in [0.15, 0.2) is 65.8 Å². The second-order valence-corrected chi connectivity index (χ2v) is 4.44. The van der Waals surface area contributed by atoms with Gasteiger partial charge >= 0.3 is 0 Å². The topological polar surface area (TPSA) is 38.7 Å². The second-order valence-electron chi connectivity index (χ2n) is 4.44. The van der Waals surface area contributed by atoms with Crippen LogP contribution in [0, 0.1) is 5.92 Å². The molecule has 1 heterocycles. The lowest BCUT2D eigenvalue weighted by Crippen LogP contribution is -2.19. The minimum Gasteiger partial charge on any atom is -0.386 e.